The number of fused-ring (bicyclic) bond motifs is 4. The highest BCUT2D eigenvalue weighted by atomic mass is 79.9. The SMILES string of the molecule is Cc1cc(Cl)ccc1NS(=O)(=O)c1ccc2c(c1)[C@H]1C=CC[C@H]1[C@@H](c1cc3c(cc1Br)OCO3)N2. The van der Waals surface area contributed by atoms with Crippen molar-refractivity contribution in [3.63, 3.8) is 0 Å². The highest BCUT2D eigenvalue weighted by molar-refractivity contribution is 9.10. The Bertz CT molecular complexity index is 1490. The van der Waals surface area contributed by atoms with E-state index in [9.17, 15) is 8.42 Å². The lowest BCUT2D eigenvalue weighted by atomic mass is 9.77. The van der Waals surface area contributed by atoms with Gasteiger partial charge in [0, 0.05) is 21.1 Å². The average molecular weight is 574 g/mol. The number of sulfonamides is 1. The van der Waals surface area contributed by atoms with Crippen LogP contribution in [0.3, 0.4) is 0 Å². The molecule has 0 bridgehead atoms. The van der Waals surface area contributed by atoms with Crippen molar-refractivity contribution in [2.24, 2.45) is 5.92 Å². The van der Waals surface area contributed by atoms with Crippen molar-refractivity contribution in [1.29, 1.82) is 0 Å². The molecule has 0 saturated heterocycles. The molecule has 0 unspecified atom stereocenters. The fourth-order valence-electron chi connectivity index (χ4n) is 5.16. The number of halogens is 2. The summed E-state index contributed by atoms with van der Waals surface area (Å²) in [6.45, 7) is 2.05. The van der Waals surface area contributed by atoms with Crippen molar-refractivity contribution in [1.82, 2.24) is 0 Å². The van der Waals surface area contributed by atoms with Crippen LogP contribution in [-0.4, -0.2) is 15.2 Å². The van der Waals surface area contributed by atoms with E-state index in [0.717, 1.165) is 44.8 Å². The van der Waals surface area contributed by atoms with E-state index in [-0.39, 0.29) is 29.6 Å². The van der Waals surface area contributed by atoms with E-state index in [0.29, 0.717) is 10.7 Å². The number of ether oxygens (including phenoxy) is 2. The standard InChI is InChI=1S/C26H22BrClN2O4S/c1-14-9-15(28)5-7-22(14)30-35(31,32)16-6-8-23-19(10-16)17-3-2-4-18(17)26(29-23)20-11-24-25(12-21(20)27)34-13-33-24/h2-3,5-12,17-18,26,29-30H,4,13H2,1H3/t17-,18+,26-/m0/s1. The van der Waals surface area contributed by atoms with Crippen molar-refractivity contribution < 1.29 is 17.9 Å². The predicted octanol–water partition coefficient (Wildman–Crippen LogP) is 6.77. The topological polar surface area (TPSA) is 76.7 Å². The molecule has 6 rings (SSSR count). The van der Waals surface area contributed by atoms with Gasteiger partial charge >= 0.3 is 0 Å². The highest BCUT2D eigenvalue weighted by Crippen LogP contribution is 2.52. The number of rotatable bonds is 4. The minimum atomic E-state index is -3.77. The summed E-state index contributed by atoms with van der Waals surface area (Å²) in [6.07, 6.45) is 5.25. The summed E-state index contributed by atoms with van der Waals surface area (Å²) in [6, 6.07) is 14.4. The zero-order valence-electron chi connectivity index (χ0n) is 18.7. The Kier molecular flexibility index (Phi) is 5.51. The Morgan fingerprint density at radius 2 is 1.86 bits per heavy atom. The van der Waals surface area contributed by atoms with Crippen molar-refractivity contribution in [2.75, 3.05) is 16.8 Å². The second kappa shape index (κ2) is 8.47. The van der Waals surface area contributed by atoms with Gasteiger partial charge in [-0.15, -0.1) is 0 Å². The monoisotopic (exact) mass is 572 g/mol. The lowest BCUT2D eigenvalue weighted by Gasteiger charge is -2.38. The first-order chi connectivity index (χ1) is 16.8. The van der Waals surface area contributed by atoms with Gasteiger partial charge < -0.3 is 14.8 Å². The maximum atomic E-state index is 13.2. The van der Waals surface area contributed by atoms with E-state index in [2.05, 4.69) is 38.1 Å². The second-order valence-electron chi connectivity index (χ2n) is 9.02. The van der Waals surface area contributed by atoms with Crippen LogP contribution < -0.4 is 19.5 Å². The van der Waals surface area contributed by atoms with Gasteiger partial charge in [0.2, 0.25) is 6.79 Å². The number of aryl methyl sites for hydroxylation is 1. The third kappa shape index (κ3) is 3.97. The summed E-state index contributed by atoms with van der Waals surface area (Å²) < 4.78 is 41.3. The number of nitrogens with one attached hydrogen (secondary N) is 2. The minimum absolute atomic E-state index is 0.0312. The molecule has 6 nitrogen and oxygen atoms in total. The van der Waals surface area contributed by atoms with Crippen LogP contribution in [0.2, 0.25) is 5.02 Å². The van der Waals surface area contributed by atoms with E-state index >= 15 is 0 Å². The van der Waals surface area contributed by atoms with Crippen LogP contribution >= 0.6 is 27.5 Å². The molecule has 2 aliphatic heterocycles. The van der Waals surface area contributed by atoms with Gasteiger partial charge in [0.25, 0.3) is 10.0 Å². The van der Waals surface area contributed by atoms with E-state index in [1.807, 2.05) is 25.1 Å². The molecule has 0 fully saturated rings. The van der Waals surface area contributed by atoms with E-state index in [1.54, 1.807) is 30.3 Å². The zero-order valence-corrected chi connectivity index (χ0v) is 21.9. The number of benzene rings is 3. The minimum Gasteiger partial charge on any atom is -0.454 e. The fourth-order valence-corrected chi connectivity index (χ4v) is 7.13. The van der Waals surface area contributed by atoms with Gasteiger partial charge in [0.05, 0.1) is 16.6 Å². The lowest BCUT2D eigenvalue weighted by molar-refractivity contribution is 0.174. The summed E-state index contributed by atoms with van der Waals surface area (Å²) in [5.41, 5.74) is 4.27. The van der Waals surface area contributed by atoms with Crippen LogP contribution in [0.25, 0.3) is 0 Å². The van der Waals surface area contributed by atoms with Crippen molar-refractivity contribution >= 4 is 48.9 Å². The molecule has 2 N–H and O–H groups in total. The van der Waals surface area contributed by atoms with Gasteiger partial charge in [0.15, 0.2) is 11.5 Å². The van der Waals surface area contributed by atoms with Gasteiger partial charge in [-0.2, -0.15) is 0 Å². The van der Waals surface area contributed by atoms with Gasteiger partial charge in [-0.3, -0.25) is 4.72 Å². The fraction of sp³-hybridized carbons (Fsp3) is 0.231. The second-order valence-corrected chi connectivity index (χ2v) is 12.0. The Morgan fingerprint density at radius 3 is 2.66 bits per heavy atom. The summed E-state index contributed by atoms with van der Waals surface area (Å²) >= 11 is 9.73. The molecular formula is C26H22BrClN2O4S. The highest BCUT2D eigenvalue weighted by Gasteiger charge is 2.39. The van der Waals surface area contributed by atoms with Gasteiger partial charge in [0.1, 0.15) is 0 Å². The molecule has 35 heavy (non-hydrogen) atoms. The van der Waals surface area contributed by atoms with Gasteiger partial charge in [-0.05, 0) is 84.5 Å². The zero-order chi connectivity index (χ0) is 24.3. The first kappa shape index (κ1) is 22.8. The molecule has 3 aliphatic rings. The number of anilines is 2. The molecule has 2 heterocycles. The third-order valence-electron chi connectivity index (χ3n) is 6.90. The van der Waals surface area contributed by atoms with Crippen LogP contribution in [0.5, 0.6) is 11.5 Å². The molecule has 0 aromatic heterocycles. The van der Waals surface area contributed by atoms with Crippen LogP contribution in [0.15, 0.2) is 70.1 Å². The Balaban J connectivity index is 1.35. The van der Waals surface area contributed by atoms with Gasteiger partial charge in [-0.1, -0.05) is 39.7 Å². The molecule has 9 heteroatoms. The molecular weight excluding hydrogens is 552 g/mol. The molecule has 180 valence electrons. The van der Waals surface area contributed by atoms with Crippen LogP contribution in [0.4, 0.5) is 11.4 Å². The predicted molar refractivity (Wildman–Crippen MR) is 140 cm³/mol. The summed E-state index contributed by atoms with van der Waals surface area (Å²) in [5.74, 6) is 1.81. The van der Waals surface area contributed by atoms with Crippen molar-refractivity contribution in [3.05, 3.63) is 86.9 Å². The van der Waals surface area contributed by atoms with Crippen LogP contribution in [-0.2, 0) is 10.0 Å². The summed E-state index contributed by atoms with van der Waals surface area (Å²) in [5, 5.41) is 4.23. The third-order valence-corrected chi connectivity index (χ3v) is 9.19. The van der Waals surface area contributed by atoms with Crippen LogP contribution in [0, 0.1) is 12.8 Å². The van der Waals surface area contributed by atoms with Crippen molar-refractivity contribution in [3.8, 4) is 11.5 Å². The molecule has 0 amide bonds. The maximum absolute atomic E-state index is 13.2. The molecule has 1 aliphatic carbocycles. The van der Waals surface area contributed by atoms with E-state index in [1.165, 1.54) is 0 Å². The normalized spacial score (nSPS) is 21.9. The summed E-state index contributed by atoms with van der Waals surface area (Å²) in [4.78, 5) is 0.231. The van der Waals surface area contributed by atoms with Crippen molar-refractivity contribution in [2.45, 2.75) is 30.2 Å². The van der Waals surface area contributed by atoms with E-state index in [4.69, 9.17) is 21.1 Å². The lowest BCUT2D eigenvalue weighted by Crippen LogP contribution is -2.29. The molecule has 0 saturated carbocycles. The molecule has 0 radical (unpaired) electrons. The Morgan fingerprint density at radius 1 is 1.06 bits per heavy atom. The first-order valence-electron chi connectivity index (χ1n) is 11.3. The average Bonchev–Trinajstić information content (AvgIpc) is 3.49. The number of allylic oxidation sites excluding steroid dienone is 2. The molecule has 0 spiro atoms. The maximum Gasteiger partial charge on any atom is 0.261 e. The first-order valence-corrected chi connectivity index (χ1v) is 13.9. The van der Waals surface area contributed by atoms with Crippen LogP contribution in [0.1, 0.15) is 35.1 Å². The number of hydrogen-bond donors (Lipinski definition) is 2. The van der Waals surface area contributed by atoms with Gasteiger partial charge in [-0.25, -0.2) is 8.42 Å². The summed E-state index contributed by atoms with van der Waals surface area (Å²) in [7, 11) is -3.77. The Hall–Kier alpha value is -2.68. The molecule has 3 aromatic rings. The smallest absolute Gasteiger partial charge is 0.261 e. The largest absolute Gasteiger partial charge is 0.454 e. The Labute approximate surface area is 217 Å². The molecule has 3 atom stereocenters. The number of hydrogen-bond acceptors (Lipinski definition) is 5. The molecule has 3 aromatic carbocycles. The van der Waals surface area contributed by atoms with E-state index < -0.39 is 10.0 Å². The quantitative estimate of drug-likeness (QED) is 0.337.